The van der Waals surface area contributed by atoms with Gasteiger partial charge in [-0.3, -0.25) is 4.79 Å². The molecule has 1 aromatic heterocycles. The average molecular weight is 312 g/mol. The zero-order valence-corrected chi connectivity index (χ0v) is 14.0. The van der Waals surface area contributed by atoms with Gasteiger partial charge in [0.2, 0.25) is 0 Å². The number of amides is 1. The number of halogens is 1. The smallest absolute Gasteiger partial charge is 0.253 e. The average Bonchev–Trinajstić information content (AvgIpc) is 2.46. The van der Waals surface area contributed by atoms with E-state index in [2.05, 4.69) is 29.5 Å². The van der Waals surface area contributed by atoms with Crippen LogP contribution in [0.2, 0.25) is 5.02 Å². The summed E-state index contributed by atoms with van der Waals surface area (Å²) in [6, 6.07) is 1.83. The molecule has 1 unspecified atom stereocenters. The van der Waals surface area contributed by atoms with E-state index in [9.17, 15) is 4.79 Å². The largest absolute Gasteiger partial charge is 0.369 e. The molecule has 2 N–H and O–H groups in total. The van der Waals surface area contributed by atoms with Gasteiger partial charge in [-0.25, -0.2) is 4.98 Å². The lowest BCUT2D eigenvalue weighted by Crippen LogP contribution is -2.32. The van der Waals surface area contributed by atoms with Crippen LogP contribution in [-0.2, 0) is 0 Å². The number of hydrogen-bond acceptors (Lipinski definition) is 3. The highest BCUT2D eigenvalue weighted by Gasteiger charge is 2.12. The molecular formula is C16H26ClN3O. The molecule has 5 heteroatoms. The van der Waals surface area contributed by atoms with Gasteiger partial charge in [0.1, 0.15) is 5.82 Å². The van der Waals surface area contributed by atoms with Crippen LogP contribution in [0.15, 0.2) is 12.3 Å². The van der Waals surface area contributed by atoms with E-state index in [1.54, 1.807) is 12.3 Å². The fourth-order valence-corrected chi connectivity index (χ4v) is 2.25. The molecule has 118 valence electrons. The Morgan fingerprint density at radius 2 is 2.10 bits per heavy atom. The molecule has 0 aromatic carbocycles. The van der Waals surface area contributed by atoms with Crippen LogP contribution in [0.3, 0.4) is 0 Å². The van der Waals surface area contributed by atoms with E-state index in [0.29, 0.717) is 16.4 Å². The number of hydrogen-bond donors (Lipinski definition) is 2. The van der Waals surface area contributed by atoms with Gasteiger partial charge in [0.25, 0.3) is 5.91 Å². The second kappa shape index (κ2) is 9.61. The Hall–Kier alpha value is -1.29. The minimum Gasteiger partial charge on any atom is -0.369 e. The summed E-state index contributed by atoms with van der Waals surface area (Å²) in [5, 5.41) is 6.60. The number of rotatable bonds is 9. The molecule has 0 fully saturated rings. The topological polar surface area (TPSA) is 54.0 Å². The molecule has 0 bridgehead atoms. The third-order valence-corrected chi connectivity index (χ3v) is 3.55. The maximum atomic E-state index is 12.1. The first-order valence-electron chi connectivity index (χ1n) is 7.78. The number of carbonyl (C=O) groups excluding carboxylic acids is 1. The molecule has 4 nitrogen and oxygen atoms in total. The van der Waals surface area contributed by atoms with Crippen molar-refractivity contribution in [2.75, 3.05) is 11.9 Å². The van der Waals surface area contributed by atoms with Gasteiger partial charge < -0.3 is 10.6 Å². The summed E-state index contributed by atoms with van der Waals surface area (Å²) in [5.41, 5.74) is 0.504. The van der Waals surface area contributed by atoms with Crippen LogP contribution in [-0.4, -0.2) is 23.5 Å². The minimum absolute atomic E-state index is 0.115. The Labute approximate surface area is 132 Å². The van der Waals surface area contributed by atoms with Crippen LogP contribution in [0.4, 0.5) is 5.82 Å². The van der Waals surface area contributed by atoms with E-state index in [1.165, 1.54) is 12.8 Å². The lowest BCUT2D eigenvalue weighted by atomic mass is 10.1. The molecular weight excluding hydrogens is 286 g/mol. The highest BCUT2D eigenvalue weighted by molar-refractivity contribution is 6.33. The van der Waals surface area contributed by atoms with Crippen molar-refractivity contribution < 1.29 is 4.79 Å². The number of anilines is 1. The highest BCUT2D eigenvalue weighted by Crippen LogP contribution is 2.20. The zero-order chi connectivity index (χ0) is 15.7. The van der Waals surface area contributed by atoms with E-state index in [4.69, 9.17) is 11.6 Å². The first kappa shape index (κ1) is 17.8. The van der Waals surface area contributed by atoms with Crippen LogP contribution < -0.4 is 10.6 Å². The van der Waals surface area contributed by atoms with Gasteiger partial charge in [-0.1, -0.05) is 44.7 Å². The third-order valence-electron chi connectivity index (χ3n) is 3.26. The van der Waals surface area contributed by atoms with Crippen molar-refractivity contribution in [1.29, 1.82) is 0 Å². The predicted molar refractivity (Wildman–Crippen MR) is 89.1 cm³/mol. The van der Waals surface area contributed by atoms with E-state index in [0.717, 1.165) is 25.8 Å². The van der Waals surface area contributed by atoms with Gasteiger partial charge in [0.15, 0.2) is 0 Å². The third kappa shape index (κ3) is 6.34. The summed E-state index contributed by atoms with van der Waals surface area (Å²) >= 11 is 6.14. The van der Waals surface area contributed by atoms with Gasteiger partial charge >= 0.3 is 0 Å². The molecule has 1 heterocycles. The van der Waals surface area contributed by atoms with Gasteiger partial charge in [-0.05, 0) is 25.8 Å². The van der Waals surface area contributed by atoms with Crippen molar-refractivity contribution >= 4 is 23.3 Å². The Kier molecular flexibility index (Phi) is 8.13. The monoisotopic (exact) mass is 311 g/mol. The number of nitrogens with zero attached hydrogens (tertiary/aromatic N) is 1. The van der Waals surface area contributed by atoms with Crippen LogP contribution >= 0.6 is 11.6 Å². The summed E-state index contributed by atoms with van der Waals surface area (Å²) in [6.07, 6.45) is 7.08. The molecule has 1 aromatic rings. The Bertz CT molecular complexity index is 451. The summed E-state index contributed by atoms with van der Waals surface area (Å²) in [5.74, 6) is 0.515. The molecule has 0 spiro atoms. The molecule has 1 amide bonds. The number of nitrogens with one attached hydrogen (secondary N) is 2. The van der Waals surface area contributed by atoms with E-state index < -0.39 is 0 Å². The van der Waals surface area contributed by atoms with E-state index in [-0.39, 0.29) is 11.9 Å². The Balaban J connectivity index is 2.56. The van der Waals surface area contributed by atoms with Crippen molar-refractivity contribution in [2.24, 2.45) is 0 Å². The molecule has 0 radical (unpaired) electrons. The quantitative estimate of drug-likeness (QED) is 0.670. The lowest BCUT2D eigenvalue weighted by Gasteiger charge is -2.14. The molecule has 0 saturated heterocycles. The second-order valence-corrected chi connectivity index (χ2v) is 5.76. The van der Waals surface area contributed by atoms with Crippen molar-refractivity contribution in [3.8, 4) is 0 Å². The molecule has 1 rings (SSSR count). The molecule has 21 heavy (non-hydrogen) atoms. The Morgan fingerprint density at radius 3 is 2.71 bits per heavy atom. The SMILES string of the molecule is CCCCCC(C)NC(=O)c1cnc(NCCC)c(Cl)c1. The van der Waals surface area contributed by atoms with Gasteiger partial charge in [-0.2, -0.15) is 0 Å². The highest BCUT2D eigenvalue weighted by atomic mass is 35.5. The number of pyridine rings is 1. The van der Waals surface area contributed by atoms with Crippen LogP contribution in [0, 0.1) is 0 Å². The Morgan fingerprint density at radius 1 is 1.33 bits per heavy atom. The van der Waals surface area contributed by atoms with Gasteiger partial charge in [0.05, 0.1) is 10.6 Å². The minimum atomic E-state index is -0.115. The molecule has 0 aliphatic heterocycles. The normalized spacial score (nSPS) is 12.0. The van der Waals surface area contributed by atoms with Crippen LogP contribution in [0.25, 0.3) is 0 Å². The molecule has 0 aliphatic carbocycles. The van der Waals surface area contributed by atoms with Gasteiger partial charge in [0, 0.05) is 18.8 Å². The first-order chi connectivity index (χ1) is 10.1. The summed E-state index contributed by atoms with van der Waals surface area (Å²) in [4.78, 5) is 16.4. The molecule has 0 saturated carbocycles. The fourth-order valence-electron chi connectivity index (χ4n) is 2.02. The fraction of sp³-hybridized carbons (Fsp3) is 0.625. The second-order valence-electron chi connectivity index (χ2n) is 5.35. The zero-order valence-electron chi connectivity index (χ0n) is 13.2. The summed E-state index contributed by atoms with van der Waals surface area (Å²) in [6.45, 7) is 7.08. The summed E-state index contributed by atoms with van der Waals surface area (Å²) < 4.78 is 0. The van der Waals surface area contributed by atoms with Gasteiger partial charge in [-0.15, -0.1) is 0 Å². The van der Waals surface area contributed by atoms with Crippen molar-refractivity contribution in [1.82, 2.24) is 10.3 Å². The maximum absolute atomic E-state index is 12.1. The molecule has 1 atom stereocenters. The molecule has 0 aliphatic rings. The van der Waals surface area contributed by atoms with Crippen molar-refractivity contribution in [3.05, 3.63) is 22.8 Å². The van der Waals surface area contributed by atoms with Crippen LogP contribution in [0.1, 0.15) is 63.2 Å². The maximum Gasteiger partial charge on any atom is 0.253 e. The van der Waals surface area contributed by atoms with E-state index in [1.807, 2.05) is 6.92 Å². The number of aromatic nitrogens is 1. The number of unbranched alkanes of at least 4 members (excludes halogenated alkanes) is 2. The van der Waals surface area contributed by atoms with Crippen molar-refractivity contribution in [2.45, 2.75) is 58.9 Å². The standard InChI is InChI=1S/C16H26ClN3O/c1-4-6-7-8-12(3)20-16(21)13-10-14(17)15(19-11-13)18-9-5-2/h10-12H,4-9H2,1-3H3,(H,18,19)(H,20,21). The van der Waals surface area contributed by atoms with Crippen molar-refractivity contribution in [3.63, 3.8) is 0 Å². The predicted octanol–water partition coefficient (Wildman–Crippen LogP) is 4.26. The first-order valence-corrected chi connectivity index (χ1v) is 8.16. The lowest BCUT2D eigenvalue weighted by molar-refractivity contribution is 0.0937. The summed E-state index contributed by atoms with van der Waals surface area (Å²) in [7, 11) is 0. The van der Waals surface area contributed by atoms with E-state index >= 15 is 0 Å². The number of carbonyl (C=O) groups is 1. The van der Waals surface area contributed by atoms with Crippen LogP contribution in [0.5, 0.6) is 0 Å².